The zero-order chi connectivity index (χ0) is 17.8. The standard InChI is InChI=1S/C21H25ClN2O/c1-15-11-13-24(14-12-15)20-9-5-17(6-10-20)16(2)23-21(25)18-3-7-19(22)8-4-18/h3-10,15-16H,11-14H2,1-2H3,(H,23,25). The van der Waals surface area contributed by atoms with Gasteiger partial charge in [-0.2, -0.15) is 0 Å². The molecule has 1 heterocycles. The number of hydrogen-bond donors (Lipinski definition) is 1. The lowest BCUT2D eigenvalue weighted by atomic mass is 9.98. The lowest BCUT2D eigenvalue weighted by molar-refractivity contribution is 0.0940. The largest absolute Gasteiger partial charge is 0.372 e. The van der Waals surface area contributed by atoms with Crippen molar-refractivity contribution in [1.29, 1.82) is 0 Å². The highest BCUT2D eigenvalue weighted by molar-refractivity contribution is 6.30. The monoisotopic (exact) mass is 356 g/mol. The topological polar surface area (TPSA) is 32.3 Å². The van der Waals surface area contributed by atoms with Crippen molar-refractivity contribution in [2.75, 3.05) is 18.0 Å². The fourth-order valence-corrected chi connectivity index (χ4v) is 3.33. The van der Waals surface area contributed by atoms with Crippen molar-refractivity contribution in [3.05, 3.63) is 64.7 Å². The van der Waals surface area contributed by atoms with E-state index in [2.05, 4.69) is 41.4 Å². The number of nitrogens with one attached hydrogen (secondary N) is 1. The summed E-state index contributed by atoms with van der Waals surface area (Å²) >= 11 is 5.87. The number of carbonyl (C=O) groups is 1. The first kappa shape index (κ1) is 17.8. The van der Waals surface area contributed by atoms with Gasteiger partial charge in [0.25, 0.3) is 5.91 Å². The molecule has 1 fully saturated rings. The maximum absolute atomic E-state index is 12.3. The third-order valence-electron chi connectivity index (χ3n) is 5.00. The quantitative estimate of drug-likeness (QED) is 0.829. The van der Waals surface area contributed by atoms with Crippen molar-refractivity contribution in [1.82, 2.24) is 5.32 Å². The molecule has 1 aliphatic rings. The van der Waals surface area contributed by atoms with Crippen LogP contribution in [0.4, 0.5) is 5.69 Å². The van der Waals surface area contributed by atoms with Gasteiger partial charge in [-0.3, -0.25) is 4.79 Å². The number of nitrogens with zero attached hydrogens (tertiary/aromatic N) is 1. The van der Waals surface area contributed by atoms with Crippen LogP contribution in [0.5, 0.6) is 0 Å². The summed E-state index contributed by atoms with van der Waals surface area (Å²) in [6.07, 6.45) is 2.52. The second-order valence-corrected chi connectivity index (χ2v) is 7.40. The highest BCUT2D eigenvalue weighted by atomic mass is 35.5. The molecule has 3 rings (SSSR count). The van der Waals surface area contributed by atoms with E-state index in [9.17, 15) is 4.79 Å². The minimum absolute atomic E-state index is 0.0430. The van der Waals surface area contributed by atoms with E-state index in [4.69, 9.17) is 11.6 Å². The van der Waals surface area contributed by atoms with Crippen LogP contribution in [0.1, 0.15) is 48.7 Å². The molecule has 1 amide bonds. The van der Waals surface area contributed by atoms with Crippen LogP contribution in [0.3, 0.4) is 0 Å². The summed E-state index contributed by atoms with van der Waals surface area (Å²) in [5, 5.41) is 3.67. The molecule has 0 aromatic heterocycles. The number of piperidine rings is 1. The smallest absolute Gasteiger partial charge is 0.251 e. The fourth-order valence-electron chi connectivity index (χ4n) is 3.21. The van der Waals surface area contributed by atoms with Gasteiger partial charge in [-0.1, -0.05) is 30.7 Å². The first-order valence-corrected chi connectivity index (χ1v) is 9.32. The van der Waals surface area contributed by atoms with Crippen LogP contribution >= 0.6 is 11.6 Å². The Bertz CT molecular complexity index is 704. The van der Waals surface area contributed by atoms with Gasteiger partial charge in [-0.05, 0) is 67.6 Å². The lowest BCUT2D eigenvalue weighted by Crippen LogP contribution is -2.32. The molecule has 1 atom stereocenters. The second kappa shape index (κ2) is 7.92. The molecule has 4 heteroatoms. The molecule has 0 saturated carbocycles. The van der Waals surface area contributed by atoms with Crippen LogP contribution in [0.25, 0.3) is 0 Å². The maximum Gasteiger partial charge on any atom is 0.251 e. The van der Waals surface area contributed by atoms with E-state index in [0.29, 0.717) is 10.6 Å². The van der Waals surface area contributed by atoms with Crippen LogP contribution < -0.4 is 10.2 Å². The number of halogens is 1. The summed E-state index contributed by atoms with van der Waals surface area (Å²) in [6.45, 7) is 6.59. The van der Waals surface area contributed by atoms with Gasteiger partial charge in [0.05, 0.1) is 6.04 Å². The first-order valence-electron chi connectivity index (χ1n) is 8.94. The molecule has 2 aromatic carbocycles. The number of hydrogen-bond acceptors (Lipinski definition) is 2. The van der Waals surface area contributed by atoms with E-state index in [1.165, 1.54) is 18.5 Å². The summed E-state index contributed by atoms with van der Waals surface area (Å²) in [5.41, 5.74) is 3.00. The summed E-state index contributed by atoms with van der Waals surface area (Å²) in [4.78, 5) is 14.8. The molecular formula is C21H25ClN2O. The van der Waals surface area contributed by atoms with E-state index in [1.807, 2.05) is 6.92 Å². The molecule has 1 N–H and O–H groups in total. The maximum atomic E-state index is 12.3. The molecule has 0 aliphatic carbocycles. The van der Waals surface area contributed by atoms with Crippen LogP contribution in [0.2, 0.25) is 5.02 Å². The summed E-state index contributed by atoms with van der Waals surface area (Å²) in [5.74, 6) is 0.747. The van der Waals surface area contributed by atoms with E-state index in [0.717, 1.165) is 24.6 Å². The molecule has 0 spiro atoms. The van der Waals surface area contributed by atoms with Gasteiger partial charge in [-0.15, -0.1) is 0 Å². The van der Waals surface area contributed by atoms with Crippen molar-refractivity contribution in [2.45, 2.75) is 32.7 Å². The minimum atomic E-state index is -0.0849. The van der Waals surface area contributed by atoms with Crippen molar-refractivity contribution >= 4 is 23.2 Å². The molecule has 1 saturated heterocycles. The van der Waals surface area contributed by atoms with E-state index in [1.54, 1.807) is 24.3 Å². The summed E-state index contributed by atoms with van der Waals surface area (Å²) in [6, 6.07) is 15.5. The van der Waals surface area contributed by atoms with Crippen molar-refractivity contribution in [3.8, 4) is 0 Å². The van der Waals surface area contributed by atoms with Crippen molar-refractivity contribution in [2.24, 2.45) is 5.92 Å². The first-order chi connectivity index (χ1) is 12.0. The molecule has 25 heavy (non-hydrogen) atoms. The molecule has 1 aliphatic heterocycles. The van der Waals surface area contributed by atoms with Gasteiger partial charge in [0, 0.05) is 29.4 Å². The molecule has 0 radical (unpaired) electrons. The van der Waals surface area contributed by atoms with Crippen molar-refractivity contribution in [3.63, 3.8) is 0 Å². The highest BCUT2D eigenvalue weighted by Crippen LogP contribution is 2.24. The van der Waals surface area contributed by atoms with Gasteiger partial charge in [0.15, 0.2) is 0 Å². The molecule has 3 nitrogen and oxygen atoms in total. The fraction of sp³-hybridized carbons (Fsp3) is 0.381. The van der Waals surface area contributed by atoms with Gasteiger partial charge in [0.2, 0.25) is 0 Å². The number of benzene rings is 2. The Hall–Kier alpha value is -2.00. The Kier molecular flexibility index (Phi) is 5.64. The van der Waals surface area contributed by atoms with E-state index in [-0.39, 0.29) is 11.9 Å². The SMILES string of the molecule is CC1CCN(c2ccc(C(C)NC(=O)c3ccc(Cl)cc3)cc2)CC1. The van der Waals surface area contributed by atoms with E-state index >= 15 is 0 Å². The Balaban J connectivity index is 1.61. The lowest BCUT2D eigenvalue weighted by Gasteiger charge is -2.32. The molecule has 1 unspecified atom stereocenters. The third kappa shape index (κ3) is 4.55. The third-order valence-corrected chi connectivity index (χ3v) is 5.25. The predicted molar refractivity (Wildman–Crippen MR) is 104 cm³/mol. The second-order valence-electron chi connectivity index (χ2n) is 6.96. The normalized spacial score (nSPS) is 16.5. The van der Waals surface area contributed by atoms with Crippen molar-refractivity contribution < 1.29 is 4.79 Å². The predicted octanol–water partition coefficient (Wildman–Crippen LogP) is 5.07. The minimum Gasteiger partial charge on any atom is -0.372 e. The Labute approximate surface area is 155 Å². The van der Waals surface area contributed by atoms with Gasteiger partial charge >= 0.3 is 0 Å². The zero-order valence-electron chi connectivity index (χ0n) is 14.8. The average Bonchev–Trinajstić information content (AvgIpc) is 2.63. The summed E-state index contributed by atoms with van der Waals surface area (Å²) in [7, 11) is 0. The van der Waals surface area contributed by atoms with Gasteiger partial charge < -0.3 is 10.2 Å². The van der Waals surface area contributed by atoms with Gasteiger partial charge in [0.1, 0.15) is 0 Å². The molecular weight excluding hydrogens is 332 g/mol. The Morgan fingerprint density at radius 3 is 2.28 bits per heavy atom. The molecule has 2 aromatic rings. The number of rotatable bonds is 4. The molecule has 0 bridgehead atoms. The van der Waals surface area contributed by atoms with Crippen LogP contribution in [0, 0.1) is 5.92 Å². The van der Waals surface area contributed by atoms with Crippen LogP contribution in [-0.2, 0) is 0 Å². The van der Waals surface area contributed by atoms with Crippen LogP contribution in [0.15, 0.2) is 48.5 Å². The molecule has 132 valence electrons. The van der Waals surface area contributed by atoms with Gasteiger partial charge in [-0.25, -0.2) is 0 Å². The number of carbonyl (C=O) groups excluding carboxylic acids is 1. The van der Waals surface area contributed by atoms with E-state index < -0.39 is 0 Å². The van der Waals surface area contributed by atoms with Crippen LogP contribution in [-0.4, -0.2) is 19.0 Å². The Morgan fingerprint density at radius 1 is 1.08 bits per heavy atom. The number of anilines is 1. The number of amides is 1. The highest BCUT2D eigenvalue weighted by Gasteiger charge is 2.17. The zero-order valence-corrected chi connectivity index (χ0v) is 15.6. The summed E-state index contributed by atoms with van der Waals surface area (Å²) < 4.78 is 0. The Morgan fingerprint density at radius 2 is 1.68 bits per heavy atom. The average molecular weight is 357 g/mol.